The molecule has 2 rings (SSSR count). The number of aromatic nitrogens is 1. The van der Waals surface area contributed by atoms with Gasteiger partial charge in [0, 0.05) is 7.05 Å². The Balaban J connectivity index is 2.50. The molecule has 1 aliphatic rings. The molecule has 13 heavy (non-hydrogen) atoms. The number of pyridine rings is 1. The summed E-state index contributed by atoms with van der Waals surface area (Å²) in [4.78, 5) is 4.46. The highest BCUT2D eigenvalue weighted by Crippen LogP contribution is 2.25. The van der Waals surface area contributed by atoms with Crippen molar-refractivity contribution in [2.45, 2.75) is 25.7 Å². The van der Waals surface area contributed by atoms with Gasteiger partial charge in [-0.3, -0.25) is 0 Å². The number of hydrogen-bond acceptors (Lipinski definition) is 2. The second-order valence-electron chi connectivity index (χ2n) is 3.49. The summed E-state index contributed by atoms with van der Waals surface area (Å²) in [5.41, 5.74) is 3.96. The summed E-state index contributed by atoms with van der Waals surface area (Å²) in [5, 5.41) is 3.17. The first-order valence-electron chi connectivity index (χ1n) is 4.77. The molecule has 0 saturated heterocycles. The van der Waals surface area contributed by atoms with E-state index in [1.165, 1.54) is 36.8 Å². The predicted octanol–water partition coefficient (Wildman–Crippen LogP) is 1.50. The fourth-order valence-corrected chi connectivity index (χ4v) is 2.30. The summed E-state index contributed by atoms with van der Waals surface area (Å²) >= 11 is 0. The molecule has 0 aromatic carbocycles. The molecule has 1 aliphatic carbocycles. The van der Waals surface area contributed by atoms with Gasteiger partial charge in [-0.1, -0.05) is 9.24 Å². The van der Waals surface area contributed by atoms with Gasteiger partial charge in [0.1, 0.15) is 5.82 Å². The molecular formula is C10H15N2P. The predicted molar refractivity (Wildman–Crippen MR) is 59.8 cm³/mol. The van der Waals surface area contributed by atoms with Crippen molar-refractivity contribution >= 4 is 20.5 Å². The molecular weight excluding hydrogens is 179 g/mol. The van der Waals surface area contributed by atoms with Crippen molar-refractivity contribution in [3.05, 3.63) is 17.2 Å². The normalized spacial score (nSPS) is 15.2. The fraction of sp³-hybridized carbons (Fsp3) is 0.500. The third kappa shape index (κ3) is 1.68. The van der Waals surface area contributed by atoms with Gasteiger partial charge in [0.15, 0.2) is 0 Å². The van der Waals surface area contributed by atoms with Crippen molar-refractivity contribution in [2.75, 3.05) is 12.4 Å². The van der Waals surface area contributed by atoms with Crippen LogP contribution in [-0.4, -0.2) is 12.0 Å². The van der Waals surface area contributed by atoms with E-state index in [4.69, 9.17) is 0 Å². The monoisotopic (exact) mass is 194 g/mol. The second-order valence-corrected chi connectivity index (χ2v) is 4.08. The van der Waals surface area contributed by atoms with Crippen molar-refractivity contribution in [3.63, 3.8) is 0 Å². The van der Waals surface area contributed by atoms with Crippen LogP contribution in [0, 0.1) is 0 Å². The number of aryl methyl sites for hydroxylation is 1. The van der Waals surface area contributed by atoms with E-state index < -0.39 is 0 Å². The van der Waals surface area contributed by atoms with Gasteiger partial charge >= 0.3 is 0 Å². The van der Waals surface area contributed by atoms with E-state index >= 15 is 0 Å². The number of hydrogen-bond donors (Lipinski definition) is 1. The van der Waals surface area contributed by atoms with Crippen molar-refractivity contribution in [1.29, 1.82) is 0 Å². The molecule has 0 amide bonds. The zero-order chi connectivity index (χ0) is 9.26. The van der Waals surface area contributed by atoms with Crippen LogP contribution in [0.1, 0.15) is 24.0 Å². The van der Waals surface area contributed by atoms with Crippen LogP contribution >= 0.6 is 9.24 Å². The lowest BCUT2D eigenvalue weighted by atomic mass is 9.93. The number of nitrogens with one attached hydrogen (secondary N) is 1. The Labute approximate surface area is 81.3 Å². The largest absolute Gasteiger partial charge is 0.373 e. The number of anilines is 1. The number of fused-ring (bicyclic) bond motifs is 1. The summed E-state index contributed by atoms with van der Waals surface area (Å²) in [7, 11) is 4.62. The van der Waals surface area contributed by atoms with E-state index in [0.717, 1.165) is 11.3 Å². The van der Waals surface area contributed by atoms with Crippen molar-refractivity contribution in [2.24, 2.45) is 0 Å². The van der Waals surface area contributed by atoms with E-state index in [1.54, 1.807) is 0 Å². The van der Waals surface area contributed by atoms with Crippen LogP contribution in [0.3, 0.4) is 0 Å². The SMILES string of the molecule is CNc1nc(P)cc2c1CCCC2. The van der Waals surface area contributed by atoms with Gasteiger partial charge < -0.3 is 5.32 Å². The molecule has 0 fully saturated rings. The minimum Gasteiger partial charge on any atom is -0.373 e. The molecule has 70 valence electrons. The summed E-state index contributed by atoms with van der Waals surface area (Å²) in [6.45, 7) is 0. The Kier molecular flexibility index (Phi) is 2.50. The summed E-state index contributed by atoms with van der Waals surface area (Å²) < 4.78 is 0. The molecule has 0 saturated carbocycles. The zero-order valence-electron chi connectivity index (χ0n) is 7.93. The third-order valence-electron chi connectivity index (χ3n) is 2.60. The molecule has 1 heterocycles. The van der Waals surface area contributed by atoms with Crippen LogP contribution in [0.4, 0.5) is 5.82 Å². The second kappa shape index (κ2) is 3.63. The Hall–Kier alpha value is -0.620. The first kappa shape index (κ1) is 8.96. The Morgan fingerprint density at radius 1 is 1.38 bits per heavy atom. The van der Waals surface area contributed by atoms with E-state index in [2.05, 4.69) is 25.6 Å². The quantitative estimate of drug-likeness (QED) is 0.685. The summed E-state index contributed by atoms with van der Waals surface area (Å²) in [6.07, 6.45) is 5.03. The van der Waals surface area contributed by atoms with Gasteiger partial charge in [0.05, 0.1) is 5.44 Å². The van der Waals surface area contributed by atoms with Crippen LogP contribution in [-0.2, 0) is 12.8 Å². The maximum atomic E-state index is 4.46. The van der Waals surface area contributed by atoms with E-state index in [0.29, 0.717) is 0 Å². The standard InChI is InChI=1S/C10H15N2P/c1-11-10-8-5-3-2-4-7(8)6-9(13)12-10/h6H,2-5,13H2,1H3,(H,11,12). The third-order valence-corrected chi connectivity index (χ3v) is 2.89. The molecule has 3 heteroatoms. The highest BCUT2D eigenvalue weighted by Gasteiger charge is 2.13. The van der Waals surface area contributed by atoms with Crippen molar-refractivity contribution in [1.82, 2.24) is 4.98 Å². The maximum absolute atomic E-state index is 4.46. The highest BCUT2D eigenvalue weighted by molar-refractivity contribution is 7.26. The van der Waals surface area contributed by atoms with Gasteiger partial charge in [-0.25, -0.2) is 4.98 Å². The molecule has 1 atom stereocenters. The molecule has 1 unspecified atom stereocenters. The molecule has 1 aromatic heterocycles. The number of rotatable bonds is 1. The molecule has 1 N–H and O–H groups in total. The van der Waals surface area contributed by atoms with E-state index in [9.17, 15) is 0 Å². The van der Waals surface area contributed by atoms with Gasteiger partial charge in [0.2, 0.25) is 0 Å². The highest BCUT2D eigenvalue weighted by atomic mass is 31.0. The van der Waals surface area contributed by atoms with E-state index in [1.807, 2.05) is 7.05 Å². The minimum atomic E-state index is 1.05. The van der Waals surface area contributed by atoms with Crippen LogP contribution in [0.15, 0.2) is 6.07 Å². The maximum Gasteiger partial charge on any atom is 0.129 e. The van der Waals surface area contributed by atoms with Crippen LogP contribution in [0.2, 0.25) is 0 Å². The fourth-order valence-electron chi connectivity index (χ4n) is 1.97. The van der Waals surface area contributed by atoms with Crippen molar-refractivity contribution in [3.8, 4) is 0 Å². The lowest BCUT2D eigenvalue weighted by molar-refractivity contribution is 0.685. The van der Waals surface area contributed by atoms with Gasteiger partial charge in [-0.05, 0) is 42.9 Å². The Morgan fingerprint density at radius 3 is 2.92 bits per heavy atom. The molecule has 2 nitrogen and oxygen atoms in total. The van der Waals surface area contributed by atoms with Gasteiger partial charge in [-0.15, -0.1) is 0 Å². The van der Waals surface area contributed by atoms with Crippen LogP contribution in [0.25, 0.3) is 0 Å². The lowest BCUT2D eigenvalue weighted by Crippen LogP contribution is -2.13. The van der Waals surface area contributed by atoms with Gasteiger partial charge in [0.25, 0.3) is 0 Å². The van der Waals surface area contributed by atoms with Crippen molar-refractivity contribution < 1.29 is 0 Å². The molecule has 0 spiro atoms. The topological polar surface area (TPSA) is 24.9 Å². The first-order chi connectivity index (χ1) is 6.31. The molecule has 1 aromatic rings. The first-order valence-corrected chi connectivity index (χ1v) is 5.35. The summed E-state index contributed by atoms with van der Waals surface area (Å²) in [5.74, 6) is 1.07. The molecule has 0 bridgehead atoms. The van der Waals surface area contributed by atoms with Gasteiger partial charge in [-0.2, -0.15) is 0 Å². The summed E-state index contributed by atoms with van der Waals surface area (Å²) in [6, 6.07) is 2.19. The smallest absolute Gasteiger partial charge is 0.129 e. The average molecular weight is 194 g/mol. The Morgan fingerprint density at radius 2 is 2.15 bits per heavy atom. The molecule has 0 aliphatic heterocycles. The molecule has 0 radical (unpaired) electrons. The zero-order valence-corrected chi connectivity index (χ0v) is 9.09. The van der Waals surface area contributed by atoms with Crippen LogP contribution in [0.5, 0.6) is 0 Å². The lowest BCUT2D eigenvalue weighted by Gasteiger charge is -2.18. The average Bonchev–Trinajstić information content (AvgIpc) is 2.16. The van der Waals surface area contributed by atoms with E-state index in [-0.39, 0.29) is 0 Å². The number of nitrogens with zero attached hydrogens (tertiary/aromatic N) is 1. The van der Waals surface area contributed by atoms with Crippen LogP contribution < -0.4 is 10.8 Å². The Bertz CT molecular complexity index is 306. The minimum absolute atomic E-state index is 1.05.